The van der Waals surface area contributed by atoms with Gasteiger partial charge in [0, 0.05) is 44.8 Å². The van der Waals surface area contributed by atoms with Crippen molar-refractivity contribution in [3.8, 4) is 0 Å². The minimum atomic E-state index is 0.809. The lowest BCUT2D eigenvalue weighted by atomic mass is 10.3. The first-order valence-corrected chi connectivity index (χ1v) is 6.97. The van der Waals surface area contributed by atoms with Crippen LogP contribution in [0.3, 0.4) is 0 Å². The van der Waals surface area contributed by atoms with Crippen molar-refractivity contribution in [1.82, 2.24) is 24.6 Å². The summed E-state index contributed by atoms with van der Waals surface area (Å²) in [6.45, 7) is 3.65. The number of fused-ring (bicyclic) bond motifs is 1. The van der Waals surface area contributed by atoms with Crippen LogP contribution in [0, 0.1) is 0 Å². The van der Waals surface area contributed by atoms with Gasteiger partial charge >= 0.3 is 0 Å². The molecule has 0 atom stereocenters. The number of nitrogens with zero attached hydrogens (tertiary/aromatic N) is 7. The minimum absolute atomic E-state index is 0.809. The molecule has 7 heteroatoms. The van der Waals surface area contributed by atoms with Gasteiger partial charge < -0.3 is 9.80 Å². The fraction of sp³-hybridized carbons (Fsp3) is 0.286. The number of rotatable bonds is 2. The molecule has 4 rings (SSSR count). The Bertz CT molecular complexity index is 731. The van der Waals surface area contributed by atoms with E-state index in [2.05, 4.69) is 30.0 Å². The highest BCUT2D eigenvalue weighted by molar-refractivity contribution is 5.63. The average molecular weight is 281 g/mol. The molecule has 7 nitrogen and oxygen atoms in total. The van der Waals surface area contributed by atoms with Crippen molar-refractivity contribution in [2.45, 2.75) is 0 Å². The number of anilines is 2. The molecule has 1 aliphatic heterocycles. The molecule has 0 spiro atoms. The van der Waals surface area contributed by atoms with Crippen LogP contribution in [0.1, 0.15) is 0 Å². The zero-order valence-electron chi connectivity index (χ0n) is 11.5. The summed E-state index contributed by atoms with van der Waals surface area (Å²) in [7, 11) is 0. The van der Waals surface area contributed by atoms with Crippen molar-refractivity contribution >= 4 is 17.3 Å². The van der Waals surface area contributed by atoms with Crippen molar-refractivity contribution in [3.05, 3.63) is 43.1 Å². The van der Waals surface area contributed by atoms with Crippen LogP contribution in [0.15, 0.2) is 43.1 Å². The van der Waals surface area contributed by atoms with E-state index >= 15 is 0 Å². The second-order valence-electron chi connectivity index (χ2n) is 4.97. The van der Waals surface area contributed by atoms with Gasteiger partial charge in [-0.05, 0) is 12.1 Å². The topological polar surface area (TPSA) is 62.5 Å². The van der Waals surface area contributed by atoms with Gasteiger partial charge in [-0.2, -0.15) is 0 Å². The monoisotopic (exact) mass is 281 g/mol. The van der Waals surface area contributed by atoms with Crippen LogP contribution in [0.4, 0.5) is 11.6 Å². The van der Waals surface area contributed by atoms with Gasteiger partial charge in [-0.15, -0.1) is 10.2 Å². The van der Waals surface area contributed by atoms with E-state index in [0.717, 1.165) is 43.5 Å². The predicted molar refractivity (Wildman–Crippen MR) is 79.4 cm³/mol. The van der Waals surface area contributed by atoms with Gasteiger partial charge in [0.2, 0.25) is 5.65 Å². The first kappa shape index (κ1) is 12.1. The lowest BCUT2D eigenvalue weighted by molar-refractivity contribution is 0.642. The summed E-state index contributed by atoms with van der Waals surface area (Å²) in [5.41, 5.74) is 0.809. The average Bonchev–Trinajstić information content (AvgIpc) is 3.04. The van der Waals surface area contributed by atoms with Gasteiger partial charge in [-0.1, -0.05) is 6.07 Å². The molecule has 0 aliphatic carbocycles. The number of pyridine rings is 1. The van der Waals surface area contributed by atoms with Crippen LogP contribution in [0.25, 0.3) is 5.65 Å². The maximum Gasteiger partial charge on any atom is 0.203 e. The van der Waals surface area contributed by atoms with Crippen molar-refractivity contribution in [3.63, 3.8) is 0 Å². The molecule has 21 heavy (non-hydrogen) atoms. The normalized spacial score (nSPS) is 15.6. The molecule has 1 aliphatic rings. The van der Waals surface area contributed by atoms with Gasteiger partial charge in [0.05, 0.1) is 0 Å². The first-order valence-electron chi connectivity index (χ1n) is 6.97. The number of piperazine rings is 1. The fourth-order valence-electron chi connectivity index (χ4n) is 2.66. The second-order valence-corrected chi connectivity index (χ2v) is 4.97. The highest BCUT2D eigenvalue weighted by atomic mass is 15.3. The standard InChI is InChI=1S/C14H15N7/c1-2-4-15-12(3-1)19-7-9-20(10-8-19)13-14-18-17-11-21(14)6-5-16-13/h1-6,11H,7-10H2. The molecule has 0 aromatic carbocycles. The SMILES string of the molecule is c1ccc(N2CCN(c3nccn4cnnc34)CC2)nc1. The third-order valence-electron chi connectivity index (χ3n) is 3.75. The Balaban J connectivity index is 1.54. The van der Waals surface area contributed by atoms with Crippen LogP contribution < -0.4 is 9.80 Å². The Hall–Kier alpha value is -2.70. The van der Waals surface area contributed by atoms with Crippen LogP contribution >= 0.6 is 0 Å². The zero-order chi connectivity index (χ0) is 14.1. The van der Waals surface area contributed by atoms with Gasteiger partial charge in [0.1, 0.15) is 12.1 Å². The molecule has 0 unspecified atom stereocenters. The molecule has 0 amide bonds. The molecule has 0 radical (unpaired) electrons. The van der Waals surface area contributed by atoms with Gasteiger partial charge in [-0.3, -0.25) is 4.40 Å². The van der Waals surface area contributed by atoms with E-state index in [9.17, 15) is 0 Å². The Morgan fingerprint density at radius 1 is 0.905 bits per heavy atom. The van der Waals surface area contributed by atoms with E-state index in [0.29, 0.717) is 0 Å². The largest absolute Gasteiger partial charge is 0.353 e. The molecule has 0 bridgehead atoms. The Morgan fingerprint density at radius 2 is 1.76 bits per heavy atom. The van der Waals surface area contributed by atoms with Crippen molar-refractivity contribution in [2.24, 2.45) is 0 Å². The van der Waals surface area contributed by atoms with Crippen LogP contribution in [0.5, 0.6) is 0 Å². The summed E-state index contributed by atoms with van der Waals surface area (Å²) < 4.78 is 1.90. The van der Waals surface area contributed by atoms with Gasteiger partial charge in [0.25, 0.3) is 0 Å². The molecule has 0 saturated carbocycles. The second kappa shape index (κ2) is 5.01. The maximum atomic E-state index is 4.47. The number of aromatic nitrogens is 5. The van der Waals surface area contributed by atoms with E-state index in [-0.39, 0.29) is 0 Å². The number of hydrogen-bond donors (Lipinski definition) is 0. The third kappa shape index (κ3) is 2.16. The van der Waals surface area contributed by atoms with Crippen molar-refractivity contribution < 1.29 is 0 Å². The molecule has 106 valence electrons. The zero-order valence-corrected chi connectivity index (χ0v) is 11.5. The van der Waals surface area contributed by atoms with Crippen molar-refractivity contribution in [2.75, 3.05) is 36.0 Å². The summed E-state index contributed by atoms with van der Waals surface area (Å²) in [5, 5.41) is 8.10. The predicted octanol–water partition coefficient (Wildman–Crippen LogP) is 0.846. The Kier molecular flexibility index (Phi) is 2.88. The molecule has 0 N–H and O–H groups in total. The summed E-state index contributed by atoms with van der Waals surface area (Å²) in [5.74, 6) is 1.93. The Labute approximate surface area is 121 Å². The molecule has 3 aromatic rings. The van der Waals surface area contributed by atoms with E-state index in [1.807, 2.05) is 35.0 Å². The molecule has 1 saturated heterocycles. The van der Waals surface area contributed by atoms with Crippen LogP contribution in [-0.4, -0.2) is 50.7 Å². The van der Waals surface area contributed by atoms with Gasteiger partial charge in [0.15, 0.2) is 5.82 Å². The van der Waals surface area contributed by atoms with E-state index < -0.39 is 0 Å². The summed E-state index contributed by atoms with van der Waals surface area (Å²) >= 11 is 0. The fourth-order valence-corrected chi connectivity index (χ4v) is 2.66. The van der Waals surface area contributed by atoms with E-state index in [4.69, 9.17) is 0 Å². The van der Waals surface area contributed by atoms with E-state index in [1.165, 1.54) is 0 Å². The quantitative estimate of drug-likeness (QED) is 0.694. The highest BCUT2D eigenvalue weighted by Crippen LogP contribution is 2.19. The molecular formula is C14H15N7. The summed E-state index contributed by atoms with van der Waals surface area (Å²) in [4.78, 5) is 13.4. The highest BCUT2D eigenvalue weighted by Gasteiger charge is 2.21. The smallest absolute Gasteiger partial charge is 0.203 e. The van der Waals surface area contributed by atoms with E-state index in [1.54, 1.807) is 12.5 Å². The summed E-state index contributed by atoms with van der Waals surface area (Å²) in [6, 6.07) is 6.01. The van der Waals surface area contributed by atoms with Crippen LogP contribution in [-0.2, 0) is 0 Å². The van der Waals surface area contributed by atoms with Gasteiger partial charge in [-0.25, -0.2) is 9.97 Å². The Morgan fingerprint density at radius 3 is 2.57 bits per heavy atom. The molecule has 1 fully saturated rings. The van der Waals surface area contributed by atoms with Crippen molar-refractivity contribution in [1.29, 1.82) is 0 Å². The molecule has 4 heterocycles. The minimum Gasteiger partial charge on any atom is -0.353 e. The lowest BCUT2D eigenvalue weighted by Crippen LogP contribution is -2.47. The summed E-state index contributed by atoms with van der Waals surface area (Å²) in [6.07, 6.45) is 7.19. The number of hydrogen-bond acceptors (Lipinski definition) is 6. The molecular weight excluding hydrogens is 266 g/mol. The van der Waals surface area contributed by atoms with Crippen LogP contribution in [0.2, 0.25) is 0 Å². The maximum absolute atomic E-state index is 4.47. The third-order valence-corrected chi connectivity index (χ3v) is 3.75. The first-order chi connectivity index (χ1) is 10.4. The lowest BCUT2D eigenvalue weighted by Gasteiger charge is -2.35. The molecule has 3 aromatic heterocycles.